The first kappa shape index (κ1) is 16.4. The lowest BCUT2D eigenvalue weighted by atomic mass is 10.1. The third-order valence-electron chi connectivity index (χ3n) is 3.25. The molecular formula is C16H18BrNO4. The van der Waals surface area contributed by atoms with Crippen LogP contribution < -0.4 is 14.8 Å². The molecule has 1 atom stereocenters. The highest BCUT2D eigenvalue weighted by Gasteiger charge is 2.15. The van der Waals surface area contributed by atoms with Gasteiger partial charge in [0.2, 0.25) is 5.91 Å². The molecule has 0 aliphatic carbocycles. The first-order valence-corrected chi connectivity index (χ1v) is 7.57. The van der Waals surface area contributed by atoms with Crippen molar-refractivity contribution in [2.24, 2.45) is 0 Å². The SMILES string of the molecule is COc1cc(Br)c(CC(=O)N[C@H](C)c2ccco2)cc1OC. The van der Waals surface area contributed by atoms with E-state index in [2.05, 4.69) is 21.2 Å². The minimum Gasteiger partial charge on any atom is -0.493 e. The van der Waals surface area contributed by atoms with Gasteiger partial charge in [0.15, 0.2) is 11.5 Å². The van der Waals surface area contributed by atoms with Crippen molar-refractivity contribution in [3.8, 4) is 11.5 Å². The van der Waals surface area contributed by atoms with E-state index >= 15 is 0 Å². The lowest BCUT2D eigenvalue weighted by molar-refractivity contribution is -0.121. The van der Waals surface area contributed by atoms with E-state index in [1.807, 2.05) is 13.0 Å². The Morgan fingerprint density at radius 2 is 2.00 bits per heavy atom. The van der Waals surface area contributed by atoms with E-state index in [-0.39, 0.29) is 18.4 Å². The average molecular weight is 368 g/mol. The van der Waals surface area contributed by atoms with Crippen molar-refractivity contribution < 1.29 is 18.7 Å². The van der Waals surface area contributed by atoms with Crippen molar-refractivity contribution in [1.29, 1.82) is 0 Å². The Morgan fingerprint density at radius 1 is 1.32 bits per heavy atom. The maximum atomic E-state index is 12.2. The van der Waals surface area contributed by atoms with Crippen LogP contribution in [-0.4, -0.2) is 20.1 Å². The van der Waals surface area contributed by atoms with E-state index in [9.17, 15) is 4.79 Å². The van der Waals surface area contributed by atoms with Gasteiger partial charge in [0.05, 0.1) is 32.9 Å². The number of hydrogen-bond donors (Lipinski definition) is 1. The molecule has 2 rings (SSSR count). The molecule has 2 aromatic rings. The maximum Gasteiger partial charge on any atom is 0.225 e. The van der Waals surface area contributed by atoms with E-state index in [1.54, 1.807) is 38.7 Å². The second-order valence-electron chi connectivity index (χ2n) is 4.78. The van der Waals surface area contributed by atoms with Crippen molar-refractivity contribution >= 4 is 21.8 Å². The summed E-state index contributed by atoms with van der Waals surface area (Å²) in [6.45, 7) is 1.88. The molecule has 0 aliphatic rings. The summed E-state index contributed by atoms with van der Waals surface area (Å²) < 4.78 is 16.6. The fourth-order valence-electron chi connectivity index (χ4n) is 2.11. The number of amides is 1. The molecular weight excluding hydrogens is 350 g/mol. The van der Waals surface area contributed by atoms with E-state index in [0.717, 1.165) is 15.8 Å². The molecule has 0 spiro atoms. The number of ether oxygens (including phenoxy) is 2. The molecule has 0 aliphatic heterocycles. The zero-order valence-corrected chi connectivity index (χ0v) is 14.3. The molecule has 0 unspecified atom stereocenters. The summed E-state index contributed by atoms with van der Waals surface area (Å²) in [6.07, 6.45) is 1.81. The van der Waals surface area contributed by atoms with Crippen molar-refractivity contribution in [3.63, 3.8) is 0 Å². The topological polar surface area (TPSA) is 60.7 Å². The summed E-state index contributed by atoms with van der Waals surface area (Å²) >= 11 is 3.45. The molecule has 1 N–H and O–H groups in total. The predicted octanol–water partition coefficient (Wildman–Crippen LogP) is 3.48. The van der Waals surface area contributed by atoms with E-state index in [4.69, 9.17) is 13.9 Å². The molecule has 0 saturated heterocycles. The summed E-state index contributed by atoms with van der Waals surface area (Å²) in [5.74, 6) is 1.83. The number of halogens is 1. The molecule has 118 valence electrons. The van der Waals surface area contributed by atoms with Gasteiger partial charge in [-0.05, 0) is 36.8 Å². The smallest absolute Gasteiger partial charge is 0.225 e. The number of benzene rings is 1. The van der Waals surface area contributed by atoms with Gasteiger partial charge in [-0.1, -0.05) is 15.9 Å². The van der Waals surface area contributed by atoms with Gasteiger partial charge in [0, 0.05) is 4.47 Å². The van der Waals surface area contributed by atoms with Crippen LogP contribution in [0.2, 0.25) is 0 Å². The Balaban J connectivity index is 2.08. The lowest BCUT2D eigenvalue weighted by Gasteiger charge is -2.14. The van der Waals surface area contributed by atoms with Gasteiger partial charge < -0.3 is 19.2 Å². The van der Waals surface area contributed by atoms with Gasteiger partial charge in [-0.3, -0.25) is 4.79 Å². The quantitative estimate of drug-likeness (QED) is 0.848. The van der Waals surface area contributed by atoms with Gasteiger partial charge >= 0.3 is 0 Å². The molecule has 1 amide bonds. The molecule has 1 aromatic heterocycles. The summed E-state index contributed by atoms with van der Waals surface area (Å²) in [5.41, 5.74) is 0.821. The second-order valence-corrected chi connectivity index (χ2v) is 5.63. The van der Waals surface area contributed by atoms with Crippen LogP contribution in [-0.2, 0) is 11.2 Å². The van der Waals surface area contributed by atoms with Crippen LogP contribution in [0.4, 0.5) is 0 Å². The summed E-state index contributed by atoms with van der Waals surface area (Å²) in [6, 6.07) is 7.03. The number of carbonyl (C=O) groups is 1. The summed E-state index contributed by atoms with van der Waals surface area (Å²) in [5, 5.41) is 2.90. The summed E-state index contributed by atoms with van der Waals surface area (Å²) in [4.78, 5) is 12.2. The van der Waals surface area contributed by atoms with Gasteiger partial charge in [-0.15, -0.1) is 0 Å². The Hall–Kier alpha value is -1.95. The third-order valence-corrected chi connectivity index (χ3v) is 3.99. The van der Waals surface area contributed by atoms with Crippen LogP contribution in [0.15, 0.2) is 39.4 Å². The van der Waals surface area contributed by atoms with Crippen molar-refractivity contribution in [3.05, 3.63) is 46.3 Å². The number of nitrogens with one attached hydrogen (secondary N) is 1. The van der Waals surface area contributed by atoms with Crippen LogP contribution in [0.25, 0.3) is 0 Å². The molecule has 1 aromatic carbocycles. The van der Waals surface area contributed by atoms with Crippen molar-refractivity contribution in [2.75, 3.05) is 14.2 Å². The van der Waals surface area contributed by atoms with E-state index in [1.165, 1.54) is 0 Å². The van der Waals surface area contributed by atoms with E-state index in [0.29, 0.717) is 11.5 Å². The Labute approximate surface area is 137 Å². The minimum absolute atomic E-state index is 0.100. The number of rotatable bonds is 6. The van der Waals surface area contributed by atoms with Crippen LogP contribution in [0.3, 0.4) is 0 Å². The largest absolute Gasteiger partial charge is 0.493 e. The zero-order valence-electron chi connectivity index (χ0n) is 12.7. The molecule has 6 heteroatoms. The zero-order chi connectivity index (χ0) is 16.1. The monoisotopic (exact) mass is 367 g/mol. The van der Waals surface area contributed by atoms with Gasteiger partial charge in [-0.25, -0.2) is 0 Å². The van der Waals surface area contributed by atoms with Crippen molar-refractivity contribution in [2.45, 2.75) is 19.4 Å². The van der Waals surface area contributed by atoms with E-state index < -0.39 is 0 Å². The number of carbonyl (C=O) groups excluding carboxylic acids is 1. The van der Waals surface area contributed by atoms with Crippen molar-refractivity contribution in [1.82, 2.24) is 5.32 Å². The summed E-state index contributed by atoms with van der Waals surface area (Å²) in [7, 11) is 3.14. The molecule has 5 nitrogen and oxygen atoms in total. The first-order valence-electron chi connectivity index (χ1n) is 6.78. The van der Waals surface area contributed by atoms with Crippen LogP contribution >= 0.6 is 15.9 Å². The molecule has 0 bridgehead atoms. The lowest BCUT2D eigenvalue weighted by Crippen LogP contribution is -2.28. The van der Waals surface area contributed by atoms with Crippen LogP contribution in [0.5, 0.6) is 11.5 Å². The van der Waals surface area contributed by atoms with Gasteiger partial charge in [0.1, 0.15) is 5.76 Å². The molecule has 0 saturated carbocycles. The first-order chi connectivity index (χ1) is 10.5. The normalized spacial score (nSPS) is 11.8. The third kappa shape index (κ3) is 3.82. The molecule has 1 heterocycles. The number of furan rings is 1. The Morgan fingerprint density at radius 3 is 2.59 bits per heavy atom. The van der Waals surface area contributed by atoms with Gasteiger partial charge in [-0.2, -0.15) is 0 Å². The fraction of sp³-hybridized carbons (Fsp3) is 0.312. The maximum absolute atomic E-state index is 12.2. The fourth-order valence-corrected chi connectivity index (χ4v) is 2.57. The highest BCUT2D eigenvalue weighted by molar-refractivity contribution is 9.10. The van der Waals surface area contributed by atoms with Crippen LogP contribution in [0.1, 0.15) is 24.3 Å². The Kier molecular flexibility index (Phi) is 5.49. The second kappa shape index (κ2) is 7.35. The molecule has 0 fully saturated rings. The highest BCUT2D eigenvalue weighted by atomic mass is 79.9. The minimum atomic E-state index is -0.179. The number of methoxy groups -OCH3 is 2. The average Bonchev–Trinajstić information content (AvgIpc) is 3.03. The standard InChI is InChI=1S/C16H18BrNO4/c1-10(13-5-4-6-22-13)18-16(19)8-11-7-14(20-2)15(21-3)9-12(11)17/h4-7,9-10H,8H2,1-3H3,(H,18,19)/t10-/m1/s1. The predicted molar refractivity (Wildman–Crippen MR) is 86.2 cm³/mol. The Bertz CT molecular complexity index is 640. The van der Waals surface area contributed by atoms with Crippen LogP contribution in [0, 0.1) is 0 Å². The molecule has 22 heavy (non-hydrogen) atoms. The van der Waals surface area contributed by atoms with Gasteiger partial charge in [0.25, 0.3) is 0 Å². The number of hydrogen-bond acceptors (Lipinski definition) is 4. The highest BCUT2D eigenvalue weighted by Crippen LogP contribution is 2.33. The molecule has 0 radical (unpaired) electrons.